The van der Waals surface area contributed by atoms with E-state index in [-0.39, 0.29) is 6.10 Å². The lowest BCUT2D eigenvalue weighted by atomic mass is 9.85. The average molecular weight is 410 g/mol. The number of aldehydes is 1. The van der Waals surface area contributed by atoms with Crippen molar-refractivity contribution in [1.82, 2.24) is 4.98 Å². The van der Waals surface area contributed by atoms with Gasteiger partial charge in [-0.3, -0.25) is 0 Å². The summed E-state index contributed by atoms with van der Waals surface area (Å²) in [6, 6.07) is 9.61. The van der Waals surface area contributed by atoms with E-state index in [2.05, 4.69) is 4.98 Å². The highest BCUT2D eigenvalue weighted by Crippen LogP contribution is 2.35. The first kappa shape index (κ1) is 22.0. The van der Waals surface area contributed by atoms with E-state index >= 15 is 0 Å². The molecular formula is C25H31NO4. The van der Waals surface area contributed by atoms with Gasteiger partial charge in [0.2, 0.25) is 0 Å². The summed E-state index contributed by atoms with van der Waals surface area (Å²) in [5, 5.41) is 0. The smallest absolute Gasteiger partial charge is 0.358 e. The fraction of sp³-hybridized carbons (Fsp3) is 0.480. The van der Waals surface area contributed by atoms with E-state index in [1.807, 2.05) is 58.0 Å². The van der Waals surface area contributed by atoms with Gasteiger partial charge in [-0.2, -0.15) is 0 Å². The molecule has 3 rings (SSSR count). The van der Waals surface area contributed by atoms with Gasteiger partial charge >= 0.3 is 5.97 Å². The summed E-state index contributed by atoms with van der Waals surface area (Å²) >= 11 is 0. The molecule has 0 saturated heterocycles. The second-order valence-electron chi connectivity index (χ2n) is 8.99. The van der Waals surface area contributed by atoms with E-state index < -0.39 is 11.6 Å². The molecule has 160 valence electrons. The standard InChI is InChI=1S/C25H31NO4/c1-17-20(21-8-6-15-26-23(21)24(28)30-25(2,3)4)7-5-9-22(17)29-19-12-10-18(11-13-19)14-16-27/h5-9,15-16,18-19H,10-14H2,1-4H3. The molecular weight excluding hydrogens is 378 g/mol. The molecule has 0 bridgehead atoms. The summed E-state index contributed by atoms with van der Waals surface area (Å²) in [5.74, 6) is 0.879. The Morgan fingerprint density at radius 2 is 1.80 bits per heavy atom. The summed E-state index contributed by atoms with van der Waals surface area (Å²) in [5.41, 5.74) is 2.35. The number of carbonyl (C=O) groups is 2. The lowest BCUT2D eigenvalue weighted by molar-refractivity contribution is -0.109. The van der Waals surface area contributed by atoms with Crippen molar-refractivity contribution in [2.45, 2.75) is 71.5 Å². The van der Waals surface area contributed by atoms with E-state index in [1.165, 1.54) is 0 Å². The van der Waals surface area contributed by atoms with Crippen molar-refractivity contribution in [1.29, 1.82) is 0 Å². The summed E-state index contributed by atoms with van der Waals surface area (Å²) in [6.45, 7) is 7.54. The van der Waals surface area contributed by atoms with Gasteiger partial charge in [0, 0.05) is 18.2 Å². The van der Waals surface area contributed by atoms with E-state index in [1.54, 1.807) is 6.20 Å². The van der Waals surface area contributed by atoms with Crippen molar-refractivity contribution >= 4 is 12.3 Å². The van der Waals surface area contributed by atoms with Crippen LogP contribution in [0.2, 0.25) is 0 Å². The first-order valence-electron chi connectivity index (χ1n) is 10.7. The summed E-state index contributed by atoms with van der Waals surface area (Å²) in [6.07, 6.45) is 7.39. The largest absolute Gasteiger partial charge is 0.490 e. The van der Waals surface area contributed by atoms with Crippen LogP contribution in [0.4, 0.5) is 0 Å². The van der Waals surface area contributed by atoms with Crippen molar-refractivity contribution in [2.24, 2.45) is 5.92 Å². The average Bonchev–Trinajstić information content (AvgIpc) is 2.70. The number of aromatic nitrogens is 1. The fourth-order valence-corrected chi connectivity index (χ4v) is 3.95. The van der Waals surface area contributed by atoms with Gasteiger partial charge in [-0.15, -0.1) is 0 Å². The number of ether oxygens (including phenoxy) is 2. The van der Waals surface area contributed by atoms with Crippen molar-refractivity contribution in [3.63, 3.8) is 0 Å². The zero-order chi connectivity index (χ0) is 21.7. The number of hydrogen-bond acceptors (Lipinski definition) is 5. The van der Waals surface area contributed by atoms with Gasteiger partial charge in [-0.1, -0.05) is 18.2 Å². The Morgan fingerprint density at radius 1 is 1.10 bits per heavy atom. The molecule has 1 aliphatic carbocycles. The van der Waals surface area contributed by atoms with Gasteiger partial charge in [-0.05, 0) is 82.6 Å². The van der Waals surface area contributed by atoms with Crippen LogP contribution in [0.1, 0.15) is 68.9 Å². The Morgan fingerprint density at radius 3 is 2.47 bits per heavy atom. The zero-order valence-corrected chi connectivity index (χ0v) is 18.3. The van der Waals surface area contributed by atoms with Crippen LogP contribution in [-0.2, 0) is 9.53 Å². The molecule has 0 radical (unpaired) electrons. The van der Waals surface area contributed by atoms with Crippen molar-refractivity contribution in [2.75, 3.05) is 0 Å². The quantitative estimate of drug-likeness (QED) is 0.463. The Hall–Kier alpha value is -2.69. The number of esters is 1. The van der Waals surface area contributed by atoms with Gasteiger partial charge in [-0.25, -0.2) is 9.78 Å². The Bertz CT molecular complexity index is 892. The second kappa shape index (κ2) is 9.41. The highest BCUT2D eigenvalue weighted by atomic mass is 16.6. The molecule has 0 N–H and O–H groups in total. The third-order valence-electron chi connectivity index (χ3n) is 5.49. The topological polar surface area (TPSA) is 65.5 Å². The van der Waals surface area contributed by atoms with Crippen molar-refractivity contribution in [3.8, 4) is 16.9 Å². The van der Waals surface area contributed by atoms with Crippen LogP contribution in [0.25, 0.3) is 11.1 Å². The number of rotatable bonds is 6. The molecule has 0 aliphatic heterocycles. The minimum absolute atomic E-state index is 0.154. The summed E-state index contributed by atoms with van der Waals surface area (Å²) < 4.78 is 11.9. The molecule has 0 spiro atoms. The predicted molar refractivity (Wildman–Crippen MR) is 117 cm³/mol. The number of hydrogen-bond donors (Lipinski definition) is 0. The monoisotopic (exact) mass is 409 g/mol. The Labute approximate surface area is 178 Å². The Kier molecular flexibility index (Phi) is 6.91. The molecule has 1 saturated carbocycles. The van der Waals surface area contributed by atoms with Crippen LogP contribution in [0.15, 0.2) is 36.5 Å². The van der Waals surface area contributed by atoms with Crippen LogP contribution >= 0.6 is 0 Å². The molecule has 5 heteroatoms. The van der Waals surface area contributed by atoms with Crippen LogP contribution in [0, 0.1) is 12.8 Å². The third-order valence-corrected chi connectivity index (χ3v) is 5.49. The van der Waals surface area contributed by atoms with Crippen LogP contribution in [0.5, 0.6) is 5.75 Å². The minimum atomic E-state index is -0.589. The molecule has 2 aromatic rings. The van der Waals surface area contributed by atoms with Gasteiger partial charge < -0.3 is 14.3 Å². The summed E-state index contributed by atoms with van der Waals surface area (Å²) in [7, 11) is 0. The van der Waals surface area contributed by atoms with E-state index in [0.29, 0.717) is 18.0 Å². The first-order valence-corrected chi connectivity index (χ1v) is 10.7. The molecule has 5 nitrogen and oxygen atoms in total. The van der Waals surface area contributed by atoms with Crippen LogP contribution in [-0.4, -0.2) is 28.9 Å². The van der Waals surface area contributed by atoms with E-state index in [4.69, 9.17) is 9.47 Å². The maximum Gasteiger partial charge on any atom is 0.358 e. The molecule has 1 aromatic heterocycles. The normalized spacial score (nSPS) is 19.2. The number of nitrogens with zero attached hydrogens (tertiary/aromatic N) is 1. The maximum absolute atomic E-state index is 12.7. The van der Waals surface area contributed by atoms with Gasteiger partial charge in [0.15, 0.2) is 5.69 Å². The molecule has 1 aliphatic rings. The van der Waals surface area contributed by atoms with Gasteiger partial charge in [0.05, 0.1) is 6.10 Å². The van der Waals surface area contributed by atoms with Crippen LogP contribution in [0.3, 0.4) is 0 Å². The number of benzene rings is 1. The predicted octanol–water partition coefficient (Wildman–Crippen LogP) is 5.54. The van der Waals surface area contributed by atoms with E-state index in [0.717, 1.165) is 54.4 Å². The fourth-order valence-electron chi connectivity index (χ4n) is 3.95. The van der Waals surface area contributed by atoms with Crippen molar-refractivity contribution < 1.29 is 19.1 Å². The Balaban J connectivity index is 1.82. The van der Waals surface area contributed by atoms with Gasteiger partial charge in [0.1, 0.15) is 17.6 Å². The van der Waals surface area contributed by atoms with Crippen molar-refractivity contribution in [3.05, 3.63) is 47.8 Å². The molecule has 1 aromatic carbocycles. The lowest BCUT2D eigenvalue weighted by Gasteiger charge is -2.29. The van der Waals surface area contributed by atoms with E-state index in [9.17, 15) is 9.59 Å². The molecule has 30 heavy (non-hydrogen) atoms. The zero-order valence-electron chi connectivity index (χ0n) is 18.3. The highest BCUT2D eigenvalue weighted by Gasteiger charge is 2.25. The highest BCUT2D eigenvalue weighted by molar-refractivity contribution is 5.96. The SMILES string of the molecule is Cc1c(OC2CCC(CC=O)CC2)cccc1-c1cccnc1C(=O)OC(C)(C)C. The molecule has 0 unspecified atom stereocenters. The van der Waals surface area contributed by atoms with Gasteiger partial charge in [0.25, 0.3) is 0 Å². The first-order chi connectivity index (χ1) is 14.3. The minimum Gasteiger partial charge on any atom is -0.490 e. The summed E-state index contributed by atoms with van der Waals surface area (Å²) in [4.78, 5) is 27.8. The third kappa shape index (κ3) is 5.47. The van der Waals surface area contributed by atoms with Crippen LogP contribution < -0.4 is 4.74 Å². The molecule has 1 heterocycles. The maximum atomic E-state index is 12.7. The molecule has 0 atom stereocenters. The number of carbonyl (C=O) groups excluding carboxylic acids is 2. The molecule has 0 amide bonds. The second-order valence-corrected chi connectivity index (χ2v) is 8.99. The number of pyridine rings is 1. The lowest BCUT2D eigenvalue weighted by Crippen LogP contribution is -2.25. The molecule has 1 fully saturated rings.